The summed E-state index contributed by atoms with van der Waals surface area (Å²) < 4.78 is 42.3. The summed E-state index contributed by atoms with van der Waals surface area (Å²) in [5.41, 5.74) is 0.217. The van der Waals surface area contributed by atoms with Crippen molar-refractivity contribution in [2.24, 2.45) is 0 Å². The van der Waals surface area contributed by atoms with Crippen LogP contribution in [0.4, 0.5) is 18.9 Å². The molecule has 0 unspecified atom stereocenters. The summed E-state index contributed by atoms with van der Waals surface area (Å²) in [4.78, 5) is 11.9. The van der Waals surface area contributed by atoms with Gasteiger partial charge in [0, 0.05) is 23.5 Å². The van der Waals surface area contributed by atoms with E-state index in [1.54, 1.807) is 24.3 Å². The molecule has 0 fully saturated rings. The molecule has 2 aromatic rings. The van der Waals surface area contributed by atoms with E-state index in [0.29, 0.717) is 17.0 Å². The Morgan fingerprint density at radius 1 is 1.04 bits per heavy atom. The molecule has 0 aliphatic carbocycles. The minimum Gasteiger partial charge on any atom is -0.497 e. The third kappa shape index (κ3) is 4.60. The Morgan fingerprint density at radius 3 is 2.17 bits per heavy atom. The Hall–Kier alpha value is -2.76. The monoisotopic (exact) mass is 321 g/mol. The highest BCUT2D eigenvalue weighted by Gasteiger charge is 2.29. The van der Waals surface area contributed by atoms with Crippen LogP contribution < -0.4 is 10.1 Å². The number of nitrogens with one attached hydrogen (secondary N) is 1. The number of carbonyl (C=O) groups is 1. The van der Waals surface area contributed by atoms with Crippen molar-refractivity contribution in [1.29, 1.82) is 0 Å². The van der Waals surface area contributed by atoms with Gasteiger partial charge in [-0.15, -0.1) is 0 Å². The molecule has 2 aromatic carbocycles. The van der Waals surface area contributed by atoms with Crippen LogP contribution in [0.15, 0.2) is 60.8 Å². The fourth-order valence-electron chi connectivity index (χ4n) is 1.82. The van der Waals surface area contributed by atoms with Gasteiger partial charge in [0.2, 0.25) is 0 Å². The number of alkyl halides is 3. The Bertz CT molecular complexity index is 689. The summed E-state index contributed by atoms with van der Waals surface area (Å²) in [7, 11) is 1.53. The Morgan fingerprint density at radius 2 is 1.65 bits per heavy atom. The standard InChI is InChI=1S/C17H14F3NO2/c1-23-15-8-2-12(3-9-15)16(22)10-11-21-14-6-4-13(5-7-14)17(18,19)20/h2-11,21H,1H3/b11-10+. The molecule has 0 spiro atoms. The van der Waals surface area contributed by atoms with Crippen LogP contribution in [0, 0.1) is 0 Å². The number of rotatable bonds is 5. The first-order chi connectivity index (χ1) is 10.9. The lowest BCUT2D eigenvalue weighted by molar-refractivity contribution is -0.137. The van der Waals surface area contributed by atoms with Gasteiger partial charge in [-0.25, -0.2) is 0 Å². The van der Waals surface area contributed by atoms with Crippen molar-refractivity contribution in [3.8, 4) is 5.75 Å². The number of halogens is 3. The second-order valence-electron chi connectivity index (χ2n) is 4.65. The first-order valence-corrected chi connectivity index (χ1v) is 6.69. The molecule has 0 saturated heterocycles. The maximum atomic E-state index is 12.4. The van der Waals surface area contributed by atoms with E-state index in [0.717, 1.165) is 12.1 Å². The molecule has 120 valence electrons. The SMILES string of the molecule is COc1ccc(C(=O)/C=C/Nc2ccc(C(F)(F)F)cc2)cc1. The number of hydrogen-bond acceptors (Lipinski definition) is 3. The van der Waals surface area contributed by atoms with Crippen LogP contribution in [0.5, 0.6) is 5.75 Å². The Kier molecular flexibility index (Phi) is 5.05. The van der Waals surface area contributed by atoms with Crippen LogP contribution in [0.2, 0.25) is 0 Å². The highest BCUT2D eigenvalue weighted by molar-refractivity contribution is 6.04. The van der Waals surface area contributed by atoms with Crippen molar-refractivity contribution in [1.82, 2.24) is 0 Å². The summed E-state index contributed by atoms with van der Waals surface area (Å²) >= 11 is 0. The molecule has 0 saturated carbocycles. The van der Waals surface area contributed by atoms with E-state index in [1.807, 2.05) is 0 Å². The summed E-state index contributed by atoms with van der Waals surface area (Å²) in [5.74, 6) is 0.417. The molecule has 0 radical (unpaired) electrons. The summed E-state index contributed by atoms with van der Waals surface area (Å²) in [5, 5.41) is 2.75. The fourth-order valence-corrected chi connectivity index (χ4v) is 1.82. The second kappa shape index (κ2) is 7.00. The molecule has 6 heteroatoms. The molecule has 0 aromatic heterocycles. The van der Waals surface area contributed by atoms with E-state index in [9.17, 15) is 18.0 Å². The summed E-state index contributed by atoms with van der Waals surface area (Å²) in [6.07, 6.45) is -1.67. The number of ether oxygens (including phenoxy) is 1. The minimum absolute atomic E-state index is 0.230. The van der Waals surface area contributed by atoms with Gasteiger partial charge in [0.25, 0.3) is 0 Å². The molecule has 0 amide bonds. The maximum absolute atomic E-state index is 12.4. The van der Waals surface area contributed by atoms with Gasteiger partial charge in [0.05, 0.1) is 12.7 Å². The van der Waals surface area contributed by atoms with E-state index in [4.69, 9.17) is 4.74 Å². The molecule has 0 aliphatic heterocycles. The van der Waals surface area contributed by atoms with Crippen molar-refractivity contribution in [2.45, 2.75) is 6.18 Å². The lowest BCUT2D eigenvalue weighted by Gasteiger charge is -2.07. The van der Waals surface area contributed by atoms with Gasteiger partial charge >= 0.3 is 6.18 Å². The third-order valence-corrected chi connectivity index (χ3v) is 3.07. The minimum atomic E-state index is -4.36. The van der Waals surface area contributed by atoms with E-state index in [2.05, 4.69) is 5.32 Å². The summed E-state index contributed by atoms with van der Waals surface area (Å²) in [6.45, 7) is 0. The highest BCUT2D eigenvalue weighted by Crippen LogP contribution is 2.29. The first-order valence-electron chi connectivity index (χ1n) is 6.69. The van der Waals surface area contributed by atoms with Gasteiger partial charge in [-0.1, -0.05) is 0 Å². The van der Waals surface area contributed by atoms with Crippen LogP contribution in [-0.2, 0) is 6.18 Å². The van der Waals surface area contributed by atoms with Gasteiger partial charge in [-0.05, 0) is 48.5 Å². The zero-order chi connectivity index (χ0) is 16.9. The number of carbonyl (C=O) groups excluding carboxylic acids is 1. The molecule has 23 heavy (non-hydrogen) atoms. The highest BCUT2D eigenvalue weighted by atomic mass is 19.4. The molecular weight excluding hydrogens is 307 g/mol. The number of ketones is 1. The van der Waals surface area contributed by atoms with Crippen molar-refractivity contribution in [2.75, 3.05) is 12.4 Å². The molecule has 1 N–H and O–H groups in total. The van der Waals surface area contributed by atoms with E-state index >= 15 is 0 Å². The largest absolute Gasteiger partial charge is 0.497 e. The first kappa shape index (κ1) is 16.6. The number of allylic oxidation sites excluding steroid dienone is 1. The smallest absolute Gasteiger partial charge is 0.416 e. The van der Waals surface area contributed by atoms with Crippen molar-refractivity contribution in [3.63, 3.8) is 0 Å². The lowest BCUT2D eigenvalue weighted by atomic mass is 10.1. The topological polar surface area (TPSA) is 38.3 Å². The quantitative estimate of drug-likeness (QED) is 0.650. The van der Waals surface area contributed by atoms with Gasteiger partial charge < -0.3 is 10.1 Å². The van der Waals surface area contributed by atoms with Gasteiger partial charge in [0.15, 0.2) is 5.78 Å². The molecule has 3 nitrogen and oxygen atoms in total. The normalized spacial score (nSPS) is 11.5. The zero-order valence-corrected chi connectivity index (χ0v) is 12.2. The number of anilines is 1. The average Bonchev–Trinajstić information content (AvgIpc) is 2.54. The van der Waals surface area contributed by atoms with Crippen LogP contribution >= 0.6 is 0 Å². The molecule has 0 aliphatic rings. The van der Waals surface area contributed by atoms with Crippen molar-refractivity contribution in [3.05, 3.63) is 71.9 Å². The van der Waals surface area contributed by atoms with Crippen LogP contribution in [0.1, 0.15) is 15.9 Å². The Labute approximate surface area is 131 Å². The zero-order valence-electron chi connectivity index (χ0n) is 12.2. The van der Waals surface area contributed by atoms with E-state index < -0.39 is 11.7 Å². The van der Waals surface area contributed by atoms with Crippen molar-refractivity contribution >= 4 is 11.5 Å². The van der Waals surface area contributed by atoms with Crippen LogP contribution in [0.25, 0.3) is 0 Å². The molecule has 0 bridgehead atoms. The third-order valence-electron chi connectivity index (χ3n) is 3.07. The summed E-state index contributed by atoms with van der Waals surface area (Å²) in [6, 6.07) is 11.1. The predicted octanol–water partition coefficient (Wildman–Crippen LogP) is 4.52. The predicted molar refractivity (Wildman–Crippen MR) is 81.5 cm³/mol. The second-order valence-corrected chi connectivity index (χ2v) is 4.65. The molecule has 0 heterocycles. The Balaban J connectivity index is 1.96. The molecular formula is C17H14F3NO2. The maximum Gasteiger partial charge on any atom is 0.416 e. The van der Waals surface area contributed by atoms with E-state index in [-0.39, 0.29) is 5.78 Å². The lowest BCUT2D eigenvalue weighted by Crippen LogP contribution is -2.04. The number of methoxy groups -OCH3 is 1. The number of hydrogen-bond donors (Lipinski definition) is 1. The van der Waals surface area contributed by atoms with Crippen LogP contribution in [-0.4, -0.2) is 12.9 Å². The van der Waals surface area contributed by atoms with Gasteiger partial charge in [0.1, 0.15) is 5.75 Å². The van der Waals surface area contributed by atoms with Gasteiger partial charge in [-0.3, -0.25) is 4.79 Å². The average molecular weight is 321 g/mol. The van der Waals surface area contributed by atoms with Crippen LogP contribution in [0.3, 0.4) is 0 Å². The van der Waals surface area contributed by atoms with Crippen molar-refractivity contribution < 1.29 is 22.7 Å². The molecule has 0 atom stereocenters. The van der Waals surface area contributed by atoms with Gasteiger partial charge in [-0.2, -0.15) is 13.2 Å². The fraction of sp³-hybridized carbons (Fsp3) is 0.118. The van der Waals surface area contributed by atoms with E-state index in [1.165, 1.54) is 31.5 Å². The number of benzene rings is 2. The molecule has 2 rings (SSSR count).